The van der Waals surface area contributed by atoms with Crippen LogP contribution in [0.5, 0.6) is 5.75 Å². The van der Waals surface area contributed by atoms with Gasteiger partial charge in [-0.05, 0) is 36.8 Å². The maximum atomic E-state index is 12.3. The van der Waals surface area contributed by atoms with E-state index in [1.165, 1.54) is 0 Å². The highest BCUT2D eigenvalue weighted by atomic mass is 79.9. The number of benzene rings is 2. The Bertz CT molecular complexity index is 658. The summed E-state index contributed by atoms with van der Waals surface area (Å²) < 4.78 is 6.01. The highest BCUT2D eigenvalue weighted by molar-refractivity contribution is 9.10. The Morgan fingerprint density at radius 2 is 2.00 bits per heavy atom. The average Bonchev–Trinajstić information content (AvgIpc) is 2.40. The Balaban J connectivity index is 2.27. The molecular weight excluding hydrogens is 338 g/mol. The summed E-state index contributed by atoms with van der Waals surface area (Å²) in [6.07, 6.45) is 0. The number of amides is 1. The molecule has 0 aliphatic carbocycles. The fourth-order valence-corrected chi connectivity index (χ4v) is 2.48. The molecule has 0 spiro atoms. The fraction of sp³-hybridized carbons (Fsp3) is 0.133. The first-order valence-electron chi connectivity index (χ1n) is 5.95. The molecule has 0 saturated heterocycles. The lowest BCUT2D eigenvalue weighted by Gasteiger charge is -2.10. The number of thiol groups is 1. The molecule has 0 aliphatic heterocycles. The second-order valence-electron chi connectivity index (χ2n) is 4.33. The normalized spacial score (nSPS) is 10.2. The highest BCUT2D eigenvalue weighted by Gasteiger charge is 2.10. The van der Waals surface area contributed by atoms with Crippen LogP contribution in [-0.2, 0) is 0 Å². The molecule has 0 radical (unpaired) electrons. The molecule has 0 saturated carbocycles. The zero-order valence-corrected chi connectivity index (χ0v) is 13.6. The molecule has 0 aliphatic rings. The number of carbonyl (C=O) groups excluding carboxylic acids is 1. The zero-order chi connectivity index (χ0) is 14.7. The van der Waals surface area contributed by atoms with Crippen molar-refractivity contribution >= 4 is 40.2 Å². The molecule has 0 aromatic heterocycles. The predicted molar refractivity (Wildman–Crippen MR) is 87.1 cm³/mol. The van der Waals surface area contributed by atoms with Gasteiger partial charge in [-0.1, -0.05) is 22.0 Å². The number of hydrogen-bond acceptors (Lipinski definition) is 3. The number of rotatable bonds is 3. The average molecular weight is 352 g/mol. The summed E-state index contributed by atoms with van der Waals surface area (Å²) in [6, 6.07) is 10.9. The van der Waals surface area contributed by atoms with Crippen molar-refractivity contribution in [2.24, 2.45) is 0 Å². The second kappa shape index (κ2) is 6.33. The minimum absolute atomic E-state index is 0.168. The molecule has 1 amide bonds. The van der Waals surface area contributed by atoms with E-state index in [0.717, 1.165) is 14.9 Å². The van der Waals surface area contributed by atoms with Gasteiger partial charge in [0.1, 0.15) is 5.75 Å². The Labute approximate surface area is 131 Å². The van der Waals surface area contributed by atoms with Crippen LogP contribution < -0.4 is 10.1 Å². The van der Waals surface area contributed by atoms with Gasteiger partial charge in [0.15, 0.2) is 0 Å². The Hall–Kier alpha value is -1.46. The van der Waals surface area contributed by atoms with Crippen molar-refractivity contribution < 1.29 is 9.53 Å². The van der Waals surface area contributed by atoms with Crippen LogP contribution in [0.3, 0.4) is 0 Å². The van der Waals surface area contributed by atoms with E-state index in [1.807, 2.05) is 31.2 Å². The van der Waals surface area contributed by atoms with Gasteiger partial charge in [0, 0.05) is 26.7 Å². The zero-order valence-electron chi connectivity index (χ0n) is 11.1. The number of methoxy groups -OCH3 is 1. The smallest absolute Gasteiger partial charge is 0.255 e. The number of aryl methyl sites for hydroxylation is 1. The number of ether oxygens (including phenoxy) is 1. The van der Waals surface area contributed by atoms with Crippen molar-refractivity contribution in [1.29, 1.82) is 0 Å². The predicted octanol–water partition coefficient (Wildman–Crippen LogP) is 4.31. The van der Waals surface area contributed by atoms with Gasteiger partial charge in [0.25, 0.3) is 5.91 Å². The molecule has 0 atom stereocenters. The summed E-state index contributed by atoms with van der Waals surface area (Å²) in [7, 11) is 1.59. The van der Waals surface area contributed by atoms with Gasteiger partial charge in [0.05, 0.1) is 7.11 Å². The van der Waals surface area contributed by atoms with Crippen molar-refractivity contribution in [3.8, 4) is 5.75 Å². The van der Waals surface area contributed by atoms with Crippen LogP contribution in [0.15, 0.2) is 45.8 Å². The van der Waals surface area contributed by atoms with Crippen LogP contribution in [0.25, 0.3) is 0 Å². The number of halogens is 1. The summed E-state index contributed by atoms with van der Waals surface area (Å²) in [5.74, 6) is 0.507. The summed E-state index contributed by atoms with van der Waals surface area (Å²) >= 11 is 7.64. The van der Waals surface area contributed by atoms with Gasteiger partial charge in [-0.2, -0.15) is 0 Å². The van der Waals surface area contributed by atoms with Crippen LogP contribution in [-0.4, -0.2) is 13.0 Å². The van der Waals surface area contributed by atoms with E-state index in [4.69, 9.17) is 4.74 Å². The minimum Gasteiger partial charge on any atom is -0.497 e. The highest BCUT2D eigenvalue weighted by Crippen LogP contribution is 2.25. The SMILES string of the molecule is COc1cc(Br)cc(NC(=O)c2cc(S)ccc2C)c1. The van der Waals surface area contributed by atoms with Gasteiger partial charge in [0.2, 0.25) is 0 Å². The first-order valence-corrected chi connectivity index (χ1v) is 7.19. The molecule has 20 heavy (non-hydrogen) atoms. The number of nitrogens with one attached hydrogen (secondary N) is 1. The molecular formula is C15H14BrNO2S. The largest absolute Gasteiger partial charge is 0.497 e. The molecule has 0 unspecified atom stereocenters. The third kappa shape index (κ3) is 3.55. The lowest BCUT2D eigenvalue weighted by Crippen LogP contribution is -2.13. The lowest BCUT2D eigenvalue weighted by molar-refractivity contribution is 0.102. The molecule has 5 heteroatoms. The third-order valence-corrected chi connectivity index (χ3v) is 3.57. The first-order chi connectivity index (χ1) is 9.49. The summed E-state index contributed by atoms with van der Waals surface area (Å²) in [6.45, 7) is 1.89. The topological polar surface area (TPSA) is 38.3 Å². The first kappa shape index (κ1) is 14.9. The number of carbonyl (C=O) groups is 1. The van der Waals surface area contributed by atoms with Gasteiger partial charge < -0.3 is 10.1 Å². The molecule has 0 fully saturated rings. The molecule has 1 N–H and O–H groups in total. The van der Waals surface area contributed by atoms with E-state index in [2.05, 4.69) is 33.9 Å². The van der Waals surface area contributed by atoms with Gasteiger partial charge in [-0.25, -0.2) is 0 Å². The van der Waals surface area contributed by atoms with Crippen LogP contribution in [0.1, 0.15) is 15.9 Å². The molecule has 3 nitrogen and oxygen atoms in total. The Morgan fingerprint density at radius 1 is 1.25 bits per heavy atom. The van der Waals surface area contributed by atoms with Crippen LogP contribution in [0, 0.1) is 6.92 Å². The fourth-order valence-electron chi connectivity index (χ4n) is 1.81. The van der Waals surface area contributed by atoms with Crippen LogP contribution >= 0.6 is 28.6 Å². The van der Waals surface area contributed by atoms with Crippen LogP contribution in [0.2, 0.25) is 0 Å². The van der Waals surface area contributed by atoms with Crippen molar-refractivity contribution in [2.75, 3.05) is 12.4 Å². The molecule has 104 valence electrons. The molecule has 2 aromatic carbocycles. The molecule has 2 aromatic rings. The summed E-state index contributed by atoms with van der Waals surface area (Å²) in [5, 5.41) is 2.86. The van der Waals surface area contributed by atoms with E-state index in [9.17, 15) is 4.79 Å². The van der Waals surface area contributed by atoms with Gasteiger partial charge in [-0.15, -0.1) is 12.6 Å². The summed E-state index contributed by atoms with van der Waals surface area (Å²) in [4.78, 5) is 13.1. The van der Waals surface area contributed by atoms with Crippen molar-refractivity contribution in [3.05, 3.63) is 52.0 Å². The number of anilines is 1. The quantitative estimate of drug-likeness (QED) is 0.808. The third-order valence-electron chi connectivity index (χ3n) is 2.83. The van der Waals surface area contributed by atoms with E-state index in [-0.39, 0.29) is 5.91 Å². The minimum atomic E-state index is -0.168. The summed E-state index contributed by atoms with van der Waals surface area (Å²) in [5.41, 5.74) is 2.18. The lowest BCUT2D eigenvalue weighted by atomic mass is 10.1. The standard InChI is InChI=1S/C15H14BrNO2S/c1-9-3-4-13(20)8-14(9)15(18)17-11-5-10(16)6-12(7-11)19-2/h3-8,20H,1-2H3,(H,17,18). The van der Waals surface area contributed by atoms with Crippen molar-refractivity contribution in [3.63, 3.8) is 0 Å². The molecule has 0 bridgehead atoms. The Morgan fingerprint density at radius 3 is 2.70 bits per heavy atom. The molecule has 0 heterocycles. The Kier molecular flexibility index (Phi) is 4.73. The monoisotopic (exact) mass is 351 g/mol. The van der Waals surface area contributed by atoms with Crippen LogP contribution in [0.4, 0.5) is 5.69 Å². The van der Waals surface area contributed by atoms with Gasteiger partial charge in [-0.3, -0.25) is 4.79 Å². The van der Waals surface area contributed by atoms with E-state index in [1.54, 1.807) is 19.2 Å². The van der Waals surface area contributed by atoms with E-state index in [0.29, 0.717) is 17.0 Å². The van der Waals surface area contributed by atoms with Crippen molar-refractivity contribution in [1.82, 2.24) is 0 Å². The van der Waals surface area contributed by atoms with Gasteiger partial charge >= 0.3 is 0 Å². The van der Waals surface area contributed by atoms with E-state index >= 15 is 0 Å². The number of hydrogen-bond donors (Lipinski definition) is 2. The van der Waals surface area contributed by atoms with E-state index < -0.39 is 0 Å². The molecule has 2 rings (SSSR count). The van der Waals surface area contributed by atoms with Crippen molar-refractivity contribution in [2.45, 2.75) is 11.8 Å². The second-order valence-corrected chi connectivity index (χ2v) is 5.77. The maximum Gasteiger partial charge on any atom is 0.255 e. The maximum absolute atomic E-state index is 12.3.